The Morgan fingerprint density at radius 1 is 1.12 bits per heavy atom. The zero-order valence-electron chi connectivity index (χ0n) is 17.4. The summed E-state index contributed by atoms with van der Waals surface area (Å²) in [5, 5.41) is 5.48. The van der Waals surface area contributed by atoms with E-state index in [-0.39, 0.29) is 11.7 Å². The maximum atomic E-state index is 12.3. The highest BCUT2D eigenvalue weighted by Crippen LogP contribution is 2.27. The Morgan fingerprint density at radius 3 is 2.66 bits per heavy atom. The number of thioether (sulfide) groups is 1. The molecule has 0 radical (unpaired) electrons. The fourth-order valence-corrected chi connectivity index (χ4v) is 4.15. The number of benzene rings is 3. The van der Waals surface area contributed by atoms with E-state index >= 15 is 0 Å². The zero-order chi connectivity index (χ0) is 22.3. The molecule has 0 aliphatic rings. The molecule has 0 aliphatic heterocycles. The van der Waals surface area contributed by atoms with Crippen LogP contribution in [0.1, 0.15) is 11.1 Å². The van der Waals surface area contributed by atoms with Crippen molar-refractivity contribution in [2.45, 2.75) is 11.7 Å². The average Bonchev–Trinajstić information content (AvgIpc) is 3.17. The maximum Gasteiger partial charge on any atom is 0.250 e. The van der Waals surface area contributed by atoms with Crippen LogP contribution in [0.25, 0.3) is 11.0 Å². The number of halogens is 1. The van der Waals surface area contributed by atoms with Crippen LogP contribution < -0.4 is 10.2 Å². The second-order valence-electron chi connectivity index (χ2n) is 6.92. The number of para-hydroxylation sites is 2. The number of aromatic nitrogens is 2. The van der Waals surface area contributed by atoms with Crippen LogP contribution in [0, 0.1) is 0 Å². The minimum atomic E-state index is -0.212. The number of fused-ring (bicyclic) bond motifs is 1. The van der Waals surface area contributed by atoms with Crippen LogP contribution in [0.2, 0.25) is 5.02 Å². The van der Waals surface area contributed by atoms with E-state index in [1.807, 2.05) is 72.8 Å². The topological polar surface area (TPSA) is 68.5 Å². The summed E-state index contributed by atoms with van der Waals surface area (Å²) in [5.74, 6) is 0.740. The van der Waals surface area contributed by atoms with E-state index < -0.39 is 0 Å². The molecular weight excluding hydrogens is 444 g/mol. The van der Waals surface area contributed by atoms with Crippen molar-refractivity contribution in [3.8, 4) is 5.75 Å². The van der Waals surface area contributed by atoms with Gasteiger partial charge in [0, 0.05) is 5.02 Å². The Hall–Kier alpha value is -3.29. The van der Waals surface area contributed by atoms with Gasteiger partial charge in [-0.05, 0) is 53.6 Å². The monoisotopic (exact) mass is 464 g/mol. The third kappa shape index (κ3) is 5.30. The second-order valence-corrected chi connectivity index (χ2v) is 8.27. The summed E-state index contributed by atoms with van der Waals surface area (Å²) in [6, 6.07) is 23.0. The van der Waals surface area contributed by atoms with Gasteiger partial charge >= 0.3 is 0 Å². The highest BCUT2D eigenvalue weighted by Gasteiger charge is 2.14. The Morgan fingerprint density at radius 2 is 1.88 bits per heavy atom. The Labute approximate surface area is 195 Å². The molecule has 162 valence electrons. The molecule has 32 heavy (non-hydrogen) atoms. The average molecular weight is 465 g/mol. The minimum absolute atomic E-state index is 0.186. The lowest BCUT2D eigenvalue weighted by molar-refractivity contribution is -0.118. The number of carbonyl (C=O) groups excluding carboxylic acids is 1. The molecule has 0 unspecified atom stereocenters. The van der Waals surface area contributed by atoms with Crippen molar-refractivity contribution in [1.29, 1.82) is 0 Å². The first-order valence-corrected chi connectivity index (χ1v) is 11.3. The van der Waals surface area contributed by atoms with Gasteiger partial charge in [0.05, 0.1) is 36.7 Å². The lowest BCUT2D eigenvalue weighted by atomic mass is 10.2. The van der Waals surface area contributed by atoms with Crippen LogP contribution in [-0.2, 0) is 11.3 Å². The quantitative estimate of drug-likeness (QED) is 0.226. The smallest absolute Gasteiger partial charge is 0.250 e. The first-order chi connectivity index (χ1) is 15.6. The van der Waals surface area contributed by atoms with Crippen molar-refractivity contribution in [3.05, 3.63) is 88.9 Å². The van der Waals surface area contributed by atoms with E-state index in [2.05, 4.69) is 15.1 Å². The van der Waals surface area contributed by atoms with Gasteiger partial charge in [-0.2, -0.15) is 5.10 Å². The van der Waals surface area contributed by atoms with Crippen molar-refractivity contribution in [2.24, 2.45) is 5.10 Å². The van der Waals surface area contributed by atoms with E-state index in [0.717, 1.165) is 33.1 Å². The standard InChI is InChI=1S/C24H21ClN4O2S/c1-31-19-12-10-17(11-13-19)14-26-28-23(30)16-32-24-27-21-8-4-5-9-22(21)29(24)15-18-6-2-3-7-20(18)25/h2-14H,15-16H2,1H3,(H,28,30). The van der Waals surface area contributed by atoms with Gasteiger partial charge in [0.25, 0.3) is 5.91 Å². The van der Waals surface area contributed by atoms with Gasteiger partial charge in [-0.25, -0.2) is 10.4 Å². The van der Waals surface area contributed by atoms with Crippen LogP contribution in [0.5, 0.6) is 5.75 Å². The molecular formula is C24H21ClN4O2S. The van der Waals surface area contributed by atoms with Crippen molar-refractivity contribution < 1.29 is 9.53 Å². The third-order valence-corrected chi connectivity index (χ3v) is 6.10. The van der Waals surface area contributed by atoms with E-state index in [9.17, 15) is 4.79 Å². The third-order valence-electron chi connectivity index (χ3n) is 4.76. The van der Waals surface area contributed by atoms with Gasteiger partial charge in [0.15, 0.2) is 5.16 Å². The number of hydrogen-bond acceptors (Lipinski definition) is 5. The van der Waals surface area contributed by atoms with Crippen LogP contribution in [0.3, 0.4) is 0 Å². The maximum absolute atomic E-state index is 12.3. The van der Waals surface area contributed by atoms with E-state index in [1.165, 1.54) is 11.8 Å². The van der Waals surface area contributed by atoms with Gasteiger partial charge < -0.3 is 9.30 Å². The minimum Gasteiger partial charge on any atom is -0.497 e. The number of amides is 1. The van der Waals surface area contributed by atoms with E-state index in [4.69, 9.17) is 21.3 Å². The van der Waals surface area contributed by atoms with Gasteiger partial charge in [-0.3, -0.25) is 4.79 Å². The van der Waals surface area contributed by atoms with Gasteiger partial charge in [-0.15, -0.1) is 0 Å². The number of carbonyl (C=O) groups is 1. The molecule has 0 atom stereocenters. The molecule has 0 saturated carbocycles. The van der Waals surface area contributed by atoms with Crippen molar-refractivity contribution in [3.63, 3.8) is 0 Å². The molecule has 3 aromatic carbocycles. The molecule has 1 aromatic heterocycles. The molecule has 4 rings (SSSR count). The first kappa shape index (κ1) is 21.9. The molecule has 0 aliphatic carbocycles. The number of hydrazone groups is 1. The first-order valence-electron chi connectivity index (χ1n) is 9.91. The summed E-state index contributed by atoms with van der Waals surface area (Å²) in [4.78, 5) is 17.0. The molecule has 1 N–H and O–H groups in total. The highest BCUT2D eigenvalue weighted by atomic mass is 35.5. The fourth-order valence-electron chi connectivity index (χ4n) is 3.14. The molecule has 8 heteroatoms. The molecule has 0 spiro atoms. The SMILES string of the molecule is COc1ccc(C=NNC(=O)CSc2nc3ccccc3n2Cc2ccccc2Cl)cc1. The second kappa shape index (κ2) is 10.3. The number of ether oxygens (including phenoxy) is 1. The Bertz CT molecular complexity index is 1250. The molecule has 0 fully saturated rings. The Balaban J connectivity index is 1.43. The van der Waals surface area contributed by atoms with Gasteiger partial charge in [0.1, 0.15) is 5.75 Å². The van der Waals surface area contributed by atoms with Crippen LogP contribution in [-0.4, -0.2) is 34.5 Å². The summed E-state index contributed by atoms with van der Waals surface area (Å²) in [7, 11) is 1.61. The number of nitrogens with zero attached hydrogens (tertiary/aromatic N) is 3. The predicted octanol–water partition coefficient (Wildman–Crippen LogP) is 4.99. The van der Waals surface area contributed by atoms with E-state index in [0.29, 0.717) is 11.6 Å². The Kier molecular flexibility index (Phi) is 7.09. The molecule has 4 aromatic rings. The number of methoxy groups -OCH3 is 1. The number of nitrogens with one attached hydrogen (secondary N) is 1. The summed E-state index contributed by atoms with van der Waals surface area (Å²) in [6.07, 6.45) is 1.59. The summed E-state index contributed by atoms with van der Waals surface area (Å²) in [5.41, 5.74) is 6.29. The number of imidazole rings is 1. The van der Waals surface area contributed by atoms with Crippen molar-refractivity contribution >= 4 is 46.5 Å². The molecule has 6 nitrogen and oxygen atoms in total. The number of hydrogen-bond donors (Lipinski definition) is 1. The lowest BCUT2D eigenvalue weighted by Crippen LogP contribution is -2.20. The van der Waals surface area contributed by atoms with Crippen molar-refractivity contribution in [2.75, 3.05) is 12.9 Å². The molecule has 1 heterocycles. The summed E-state index contributed by atoms with van der Waals surface area (Å²) in [6.45, 7) is 0.569. The molecule has 0 saturated heterocycles. The normalized spacial score (nSPS) is 11.2. The number of rotatable bonds is 8. The highest BCUT2D eigenvalue weighted by molar-refractivity contribution is 7.99. The fraction of sp³-hybridized carbons (Fsp3) is 0.125. The van der Waals surface area contributed by atoms with Crippen molar-refractivity contribution in [1.82, 2.24) is 15.0 Å². The largest absolute Gasteiger partial charge is 0.497 e. The summed E-state index contributed by atoms with van der Waals surface area (Å²) < 4.78 is 7.21. The van der Waals surface area contributed by atoms with Crippen LogP contribution >= 0.6 is 23.4 Å². The van der Waals surface area contributed by atoms with Crippen LogP contribution in [0.15, 0.2) is 83.1 Å². The molecule has 1 amide bonds. The van der Waals surface area contributed by atoms with Gasteiger partial charge in [0.2, 0.25) is 0 Å². The van der Waals surface area contributed by atoms with E-state index in [1.54, 1.807) is 13.3 Å². The van der Waals surface area contributed by atoms with Gasteiger partial charge in [-0.1, -0.05) is 53.7 Å². The summed E-state index contributed by atoms with van der Waals surface area (Å²) >= 11 is 7.73. The zero-order valence-corrected chi connectivity index (χ0v) is 18.9. The lowest BCUT2D eigenvalue weighted by Gasteiger charge is -2.10. The predicted molar refractivity (Wildman–Crippen MR) is 130 cm³/mol. The molecule has 0 bridgehead atoms. The van der Waals surface area contributed by atoms with Crippen LogP contribution in [0.4, 0.5) is 0 Å².